The van der Waals surface area contributed by atoms with Gasteiger partial charge in [0.15, 0.2) is 0 Å². The van der Waals surface area contributed by atoms with Crippen LogP contribution in [0.2, 0.25) is 0 Å². The normalized spacial score (nSPS) is 11.0. The number of nitrogens with zero attached hydrogens (tertiary/aromatic N) is 3. The molecule has 1 N–H and O–H groups in total. The molecule has 0 spiro atoms. The predicted molar refractivity (Wildman–Crippen MR) is 115 cm³/mol. The summed E-state index contributed by atoms with van der Waals surface area (Å²) >= 11 is 1.40. The molecule has 2 amide bonds. The van der Waals surface area contributed by atoms with Crippen LogP contribution in [0.1, 0.15) is 20.8 Å². The summed E-state index contributed by atoms with van der Waals surface area (Å²) in [6.07, 6.45) is 1.40. The number of benzene rings is 1. The van der Waals surface area contributed by atoms with Crippen molar-refractivity contribution in [3.05, 3.63) is 52.4 Å². The zero-order valence-electron chi connectivity index (χ0n) is 16.7. The molecular weight excluding hydrogens is 388 g/mol. The number of carbonyl (C=O) groups is 2. The molecule has 0 aliphatic heterocycles. The minimum Gasteiger partial charge on any atom is -0.352 e. The standard InChI is InChI=1S/C21H24N4O3S/c1-4-24(10-17(26)23-14(2)3)18(27)11-25-13-22-20-19(21(25)28)16(12-29-20)15-8-6-5-7-9-15/h5-9,12-14H,4,10-11H2,1-3H3,(H,23,26). The Bertz CT molecular complexity index is 1070. The van der Waals surface area contributed by atoms with Crippen LogP contribution in [-0.4, -0.2) is 45.4 Å². The Kier molecular flexibility index (Phi) is 6.43. The van der Waals surface area contributed by atoms with Crippen LogP contribution in [0.4, 0.5) is 0 Å². The van der Waals surface area contributed by atoms with Gasteiger partial charge in [-0.15, -0.1) is 11.3 Å². The second kappa shape index (κ2) is 9.00. The second-order valence-corrected chi connectivity index (χ2v) is 7.86. The van der Waals surface area contributed by atoms with Gasteiger partial charge >= 0.3 is 0 Å². The number of likely N-dealkylation sites (N-methyl/N-ethyl adjacent to an activating group) is 1. The molecule has 3 aromatic rings. The number of amides is 2. The molecule has 152 valence electrons. The largest absolute Gasteiger partial charge is 0.352 e. The van der Waals surface area contributed by atoms with Crippen molar-refractivity contribution in [1.29, 1.82) is 0 Å². The van der Waals surface area contributed by atoms with Gasteiger partial charge < -0.3 is 10.2 Å². The summed E-state index contributed by atoms with van der Waals surface area (Å²) in [5, 5.41) is 5.19. The first-order chi connectivity index (χ1) is 13.9. The van der Waals surface area contributed by atoms with E-state index in [1.165, 1.54) is 27.1 Å². The van der Waals surface area contributed by atoms with Crippen LogP contribution >= 0.6 is 11.3 Å². The Hall–Kier alpha value is -3.00. The zero-order chi connectivity index (χ0) is 21.0. The molecule has 3 rings (SSSR count). The van der Waals surface area contributed by atoms with Gasteiger partial charge in [0, 0.05) is 23.5 Å². The van der Waals surface area contributed by atoms with E-state index in [0.717, 1.165) is 11.1 Å². The molecule has 0 aliphatic rings. The molecule has 2 heterocycles. The molecule has 8 heteroatoms. The number of hydrogen-bond acceptors (Lipinski definition) is 5. The second-order valence-electron chi connectivity index (χ2n) is 7.00. The highest BCUT2D eigenvalue weighted by Gasteiger charge is 2.19. The summed E-state index contributed by atoms with van der Waals surface area (Å²) < 4.78 is 1.31. The van der Waals surface area contributed by atoms with Crippen LogP contribution in [-0.2, 0) is 16.1 Å². The minimum atomic E-state index is -0.300. The Morgan fingerprint density at radius 3 is 2.62 bits per heavy atom. The van der Waals surface area contributed by atoms with Crippen molar-refractivity contribution in [1.82, 2.24) is 19.8 Å². The Morgan fingerprint density at radius 2 is 1.97 bits per heavy atom. The van der Waals surface area contributed by atoms with E-state index >= 15 is 0 Å². The van der Waals surface area contributed by atoms with Gasteiger partial charge in [-0.25, -0.2) is 4.98 Å². The number of hydrogen-bond donors (Lipinski definition) is 1. The number of rotatable bonds is 7. The van der Waals surface area contributed by atoms with E-state index in [9.17, 15) is 14.4 Å². The van der Waals surface area contributed by atoms with Crippen LogP contribution in [0.25, 0.3) is 21.3 Å². The number of fused-ring (bicyclic) bond motifs is 1. The number of thiophene rings is 1. The highest BCUT2D eigenvalue weighted by Crippen LogP contribution is 2.30. The van der Waals surface area contributed by atoms with Crippen molar-refractivity contribution in [2.24, 2.45) is 0 Å². The van der Waals surface area contributed by atoms with Crippen molar-refractivity contribution in [3.8, 4) is 11.1 Å². The summed E-state index contributed by atoms with van der Waals surface area (Å²) in [7, 11) is 0. The van der Waals surface area contributed by atoms with Gasteiger partial charge in [-0.05, 0) is 26.3 Å². The third kappa shape index (κ3) is 4.71. The maximum atomic E-state index is 13.1. The molecule has 0 unspecified atom stereocenters. The molecule has 1 aromatic carbocycles. The van der Waals surface area contributed by atoms with E-state index < -0.39 is 0 Å². The zero-order valence-corrected chi connectivity index (χ0v) is 17.5. The fraction of sp³-hybridized carbons (Fsp3) is 0.333. The Balaban J connectivity index is 1.86. The average Bonchev–Trinajstić information content (AvgIpc) is 3.13. The monoisotopic (exact) mass is 412 g/mol. The lowest BCUT2D eigenvalue weighted by molar-refractivity contribution is -0.136. The van der Waals surface area contributed by atoms with Gasteiger partial charge in [0.1, 0.15) is 11.4 Å². The van der Waals surface area contributed by atoms with E-state index in [0.29, 0.717) is 16.8 Å². The Labute approximate surface area is 173 Å². The quantitative estimate of drug-likeness (QED) is 0.646. The smallest absolute Gasteiger partial charge is 0.263 e. The third-order valence-electron chi connectivity index (χ3n) is 4.47. The lowest BCUT2D eigenvalue weighted by Crippen LogP contribution is -2.44. The van der Waals surface area contributed by atoms with E-state index in [1.54, 1.807) is 6.92 Å². The molecule has 29 heavy (non-hydrogen) atoms. The van der Waals surface area contributed by atoms with Gasteiger partial charge in [0.2, 0.25) is 11.8 Å². The molecule has 0 radical (unpaired) electrons. The predicted octanol–water partition coefficient (Wildman–Crippen LogP) is 2.50. The molecular formula is C21H24N4O3S. The maximum Gasteiger partial charge on any atom is 0.263 e. The molecule has 0 fully saturated rings. The SMILES string of the molecule is CCN(CC(=O)NC(C)C)C(=O)Cn1cnc2scc(-c3ccccc3)c2c1=O. The maximum absolute atomic E-state index is 13.1. The molecule has 0 saturated carbocycles. The van der Waals surface area contributed by atoms with Crippen LogP contribution in [0.3, 0.4) is 0 Å². The van der Waals surface area contributed by atoms with Crippen LogP contribution < -0.4 is 10.9 Å². The first-order valence-corrected chi connectivity index (χ1v) is 10.4. The lowest BCUT2D eigenvalue weighted by atomic mass is 10.1. The molecule has 7 nitrogen and oxygen atoms in total. The highest BCUT2D eigenvalue weighted by atomic mass is 32.1. The molecule has 0 bridgehead atoms. The molecule has 0 atom stereocenters. The fourth-order valence-electron chi connectivity index (χ4n) is 3.07. The summed E-state index contributed by atoms with van der Waals surface area (Å²) in [5.74, 6) is -0.522. The van der Waals surface area contributed by atoms with Crippen LogP contribution in [0.15, 0.2) is 46.8 Å². The summed E-state index contributed by atoms with van der Waals surface area (Å²) in [5.41, 5.74) is 1.49. The van der Waals surface area contributed by atoms with E-state index in [-0.39, 0.29) is 36.5 Å². The van der Waals surface area contributed by atoms with Crippen molar-refractivity contribution < 1.29 is 9.59 Å². The number of carbonyl (C=O) groups excluding carboxylic acids is 2. The minimum absolute atomic E-state index is 0.000494. The first-order valence-electron chi connectivity index (χ1n) is 9.50. The van der Waals surface area contributed by atoms with Crippen molar-refractivity contribution >= 4 is 33.4 Å². The number of aromatic nitrogens is 2. The van der Waals surface area contributed by atoms with Crippen molar-refractivity contribution in [3.63, 3.8) is 0 Å². The highest BCUT2D eigenvalue weighted by molar-refractivity contribution is 7.17. The van der Waals surface area contributed by atoms with E-state index in [2.05, 4.69) is 10.3 Å². The van der Waals surface area contributed by atoms with Gasteiger partial charge in [-0.1, -0.05) is 30.3 Å². The summed E-state index contributed by atoms with van der Waals surface area (Å²) in [6.45, 7) is 5.71. The molecule has 0 aliphatic carbocycles. The van der Waals surface area contributed by atoms with Crippen molar-refractivity contribution in [2.45, 2.75) is 33.4 Å². The lowest BCUT2D eigenvalue weighted by Gasteiger charge is -2.21. The summed E-state index contributed by atoms with van der Waals surface area (Å²) in [6, 6.07) is 9.63. The fourth-order valence-corrected chi connectivity index (χ4v) is 3.98. The third-order valence-corrected chi connectivity index (χ3v) is 5.36. The van der Waals surface area contributed by atoms with E-state index in [1.807, 2.05) is 49.6 Å². The Morgan fingerprint density at radius 1 is 1.24 bits per heavy atom. The van der Waals surface area contributed by atoms with Crippen molar-refractivity contribution in [2.75, 3.05) is 13.1 Å². The summed E-state index contributed by atoms with van der Waals surface area (Å²) in [4.78, 5) is 44.2. The van der Waals surface area contributed by atoms with Gasteiger partial charge in [-0.2, -0.15) is 0 Å². The van der Waals surface area contributed by atoms with Gasteiger partial charge in [0.25, 0.3) is 5.56 Å². The van der Waals surface area contributed by atoms with Crippen LogP contribution in [0.5, 0.6) is 0 Å². The average molecular weight is 413 g/mol. The van der Waals surface area contributed by atoms with Gasteiger partial charge in [-0.3, -0.25) is 19.0 Å². The molecule has 0 saturated heterocycles. The number of nitrogens with one attached hydrogen (secondary N) is 1. The topological polar surface area (TPSA) is 84.3 Å². The molecule has 2 aromatic heterocycles. The van der Waals surface area contributed by atoms with Crippen LogP contribution in [0, 0.1) is 0 Å². The first kappa shape index (κ1) is 20.7. The van der Waals surface area contributed by atoms with E-state index in [4.69, 9.17) is 0 Å². The van der Waals surface area contributed by atoms with Gasteiger partial charge in [0.05, 0.1) is 18.3 Å².